The van der Waals surface area contributed by atoms with E-state index < -0.39 is 6.43 Å². The third-order valence-corrected chi connectivity index (χ3v) is 5.11. The van der Waals surface area contributed by atoms with Gasteiger partial charge in [0.1, 0.15) is 0 Å². The Hall–Kier alpha value is -1.15. The predicted molar refractivity (Wildman–Crippen MR) is 71.2 cm³/mol. The third-order valence-electron chi connectivity index (χ3n) is 3.18. The van der Waals surface area contributed by atoms with Crippen molar-refractivity contribution in [3.05, 3.63) is 21.6 Å². The van der Waals surface area contributed by atoms with E-state index in [4.69, 9.17) is 0 Å². The quantitative estimate of drug-likeness (QED) is 0.872. The minimum atomic E-state index is -2.53. The zero-order chi connectivity index (χ0) is 13.2. The van der Waals surface area contributed by atoms with Gasteiger partial charge in [-0.15, -0.1) is 21.5 Å². The largest absolute Gasteiger partial charge is 0.347 e. The van der Waals surface area contributed by atoms with Gasteiger partial charge in [-0.1, -0.05) is 11.3 Å². The Bertz CT molecular complexity index is 521. The molecule has 3 heterocycles. The number of nitrogens with zero attached hydrogens (tertiary/aromatic N) is 4. The maximum absolute atomic E-state index is 12.5. The molecule has 102 valence electrons. The normalized spacial score (nSPS) is 17.3. The van der Waals surface area contributed by atoms with Crippen LogP contribution in [-0.2, 0) is 0 Å². The number of rotatable bonds is 3. The summed E-state index contributed by atoms with van der Waals surface area (Å²) in [4.78, 5) is 6.38. The van der Waals surface area contributed by atoms with Crippen LogP contribution in [0, 0.1) is 0 Å². The van der Waals surface area contributed by atoms with Crippen LogP contribution in [0.25, 0.3) is 0 Å². The highest BCUT2D eigenvalue weighted by Gasteiger charge is 2.25. The van der Waals surface area contributed by atoms with E-state index >= 15 is 0 Å². The molecule has 2 aromatic heterocycles. The van der Waals surface area contributed by atoms with E-state index in [1.54, 1.807) is 11.3 Å². The summed E-state index contributed by atoms with van der Waals surface area (Å²) >= 11 is 2.67. The SMILES string of the molecule is FC(F)c1nnc(N2CCC(c3nccs3)CC2)s1. The second-order valence-corrected chi connectivity index (χ2v) is 6.27. The molecule has 0 aliphatic carbocycles. The lowest BCUT2D eigenvalue weighted by atomic mass is 9.98. The minimum Gasteiger partial charge on any atom is -0.347 e. The van der Waals surface area contributed by atoms with Gasteiger partial charge in [0.2, 0.25) is 5.13 Å². The topological polar surface area (TPSA) is 41.9 Å². The van der Waals surface area contributed by atoms with Gasteiger partial charge in [-0.05, 0) is 12.8 Å². The molecule has 0 bridgehead atoms. The van der Waals surface area contributed by atoms with Crippen molar-refractivity contribution in [1.82, 2.24) is 15.2 Å². The Kier molecular flexibility index (Phi) is 3.69. The third kappa shape index (κ3) is 2.74. The predicted octanol–water partition coefficient (Wildman–Crippen LogP) is 3.32. The number of halogens is 2. The minimum absolute atomic E-state index is 0.197. The smallest absolute Gasteiger partial charge is 0.291 e. The van der Waals surface area contributed by atoms with Crippen LogP contribution in [0.15, 0.2) is 11.6 Å². The summed E-state index contributed by atoms with van der Waals surface area (Å²) in [6.45, 7) is 1.64. The van der Waals surface area contributed by atoms with Crippen LogP contribution >= 0.6 is 22.7 Å². The number of hydrogen-bond donors (Lipinski definition) is 0. The summed E-state index contributed by atoms with van der Waals surface area (Å²) in [6, 6.07) is 0. The van der Waals surface area contributed by atoms with Gasteiger partial charge < -0.3 is 4.90 Å². The summed E-state index contributed by atoms with van der Waals surface area (Å²) in [5.74, 6) is 0.485. The molecule has 1 aliphatic heterocycles. The summed E-state index contributed by atoms with van der Waals surface area (Å²) in [7, 11) is 0. The molecule has 2 aromatic rings. The molecule has 0 aromatic carbocycles. The van der Waals surface area contributed by atoms with Gasteiger partial charge in [0.25, 0.3) is 6.43 Å². The standard InChI is InChI=1S/C11H12F2N4S2/c12-8(13)10-15-16-11(19-10)17-4-1-7(2-5-17)9-14-3-6-18-9/h3,6-8H,1-2,4-5H2. The molecule has 1 fully saturated rings. The summed E-state index contributed by atoms with van der Waals surface area (Å²) in [5.41, 5.74) is 0. The van der Waals surface area contributed by atoms with Crippen molar-refractivity contribution in [1.29, 1.82) is 0 Å². The highest BCUT2D eigenvalue weighted by Crippen LogP contribution is 2.33. The van der Waals surface area contributed by atoms with Crippen molar-refractivity contribution in [2.75, 3.05) is 18.0 Å². The Balaban J connectivity index is 1.63. The van der Waals surface area contributed by atoms with Gasteiger partial charge in [-0.25, -0.2) is 13.8 Å². The average Bonchev–Trinajstić information content (AvgIpc) is 3.11. The zero-order valence-corrected chi connectivity index (χ0v) is 11.6. The first-order valence-electron chi connectivity index (χ1n) is 6.00. The van der Waals surface area contributed by atoms with Crippen molar-refractivity contribution >= 4 is 27.8 Å². The molecule has 0 radical (unpaired) electrons. The van der Waals surface area contributed by atoms with E-state index in [1.807, 2.05) is 16.5 Å². The van der Waals surface area contributed by atoms with Crippen molar-refractivity contribution < 1.29 is 8.78 Å². The van der Waals surface area contributed by atoms with Crippen LogP contribution in [0.2, 0.25) is 0 Å². The van der Waals surface area contributed by atoms with Crippen LogP contribution in [0.5, 0.6) is 0 Å². The first kappa shape index (κ1) is 12.9. The Morgan fingerprint density at radius 1 is 1.26 bits per heavy atom. The Labute approximate surface area is 117 Å². The van der Waals surface area contributed by atoms with E-state index in [-0.39, 0.29) is 5.01 Å². The number of thiazole rings is 1. The summed E-state index contributed by atoms with van der Waals surface area (Å²) in [6.07, 6.45) is 1.26. The molecule has 0 spiro atoms. The van der Waals surface area contributed by atoms with Crippen molar-refractivity contribution in [2.45, 2.75) is 25.2 Å². The lowest BCUT2D eigenvalue weighted by Crippen LogP contribution is -2.32. The van der Waals surface area contributed by atoms with Gasteiger partial charge in [0, 0.05) is 30.6 Å². The fourth-order valence-electron chi connectivity index (χ4n) is 2.20. The fraction of sp³-hybridized carbons (Fsp3) is 0.545. The number of hydrogen-bond acceptors (Lipinski definition) is 6. The van der Waals surface area contributed by atoms with Crippen molar-refractivity contribution in [3.63, 3.8) is 0 Å². The first-order chi connectivity index (χ1) is 9.24. The second kappa shape index (κ2) is 5.46. The van der Waals surface area contributed by atoms with Crippen molar-refractivity contribution in [3.8, 4) is 0 Å². The van der Waals surface area contributed by atoms with Crippen LogP contribution in [0.3, 0.4) is 0 Å². The van der Waals surface area contributed by atoms with Gasteiger partial charge >= 0.3 is 0 Å². The number of anilines is 1. The van der Waals surface area contributed by atoms with E-state index in [0.717, 1.165) is 37.3 Å². The van der Waals surface area contributed by atoms with E-state index in [9.17, 15) is 8.78 Å². The molecule has 1 saturated heterocycles. The van der Waals surface area contributed by atoms with Crippen LogP contribution in [-0.4, -0.2) is 28.3 Å². The molecule has 19 heavy (non-hydrogen) atoms. The average molecular weight is 302 g/mol. The maximum atomic E-state index is 12.5. The molecule has 8 heteroatoms. The lowest BCUT2D eigenvalue weighted by Gasteiger charge is -2.30. The molecular formula is C11H12F2N4S2. The zero-order valence-electron chi connectivity index (χ0n) is 10.00. The van der Waals surface area contributed by atoms with Crippen molar-refractivity contribution in [2.24, 2.45) is 0 Å². The molecule has 3 rings (SSSR count). The molecule has 0 N–H and O–H groups in total. The van der Waals surface area contributed by atoms with Crippen LogP contribution < -0.4 is 4.90 Å². The van der Waals surface area contributed by atoms with E-state index in [1.165, 1.54) is 5.01 Å². The first-order valence-corrected chi connectivity index (χ1v) is 7.69. The molecule has 1 aliphatic rings. The number of alkyl halides is 2. The lowest BCUT2D eigenvalue weighted by molar-refractivity contribution is 0.150. The summed E-state index contributed by atoms with van der Waals surface area (Å²) < 4.78 is 25.0. The van der Waals surface area contributed by atoms with Crippen LogP contribution in [0.1, 0.15) is 35.2 Å². The van der Waals surface area contributed by atoms with Crippen LogP contribution in [0.4, 0.5) is 13.9 Å². The van der Waals surface area contributed by atoms with E-state index in [2.05, 4.69) is 15.2 Å². The molecule has 0 amide bonds. The Morgan fingerprint density at radius 3 is 2.63 bits per heavy atom. The fourth-order valence-corrected chi connectivity index (χ4v) is 3.76. The van der Waals surface area contributed by atoms with Gasteiger partial charge in [-0.3, -0.25) is 0 Å². The summed E-state index contributed by atoms with van der Waals surface area (Å²) in [5, 5.41) is 10.9. The van der Waals surface area contributed by atoms with E-state index in [0.29, 0.717) is 11.0 Å². The Morgan fingerprint density at radius 2 is 2.05 bits per heavy atom. The molecule has 0 atom stereocenters. The van der Waals surface area contributed by atoms with Gasteiger partial charge in [0.05, 0.1) is 5.01 Å². The molecule has 0 unspecified atom stereocenters. The monoisotopic (exact) mass is 302 g/mol. The van der Waals surface area contributed by atoms with Gasteiger partial charge in [-0.2, -0.15) is 0 Å². The molecule has 4 nitrogen and oxygen atoms in total. The highest BCUT2D eigenvalue weighted by atomic mass is 32.1. The van der Waals surface area contributed by atoms with Gasteiger partial charge in [0.15, 0.2) is 5.01 Å². The second-order valence-electron chi connectivity index (χ2n) is 4.36. The maximum Gasteiger partial charge on any atom is 0.291 e. The molecule has 0 saturated carbocycles. The number of piperidine rings is 1. The number of aromatic nitrogens is 3. The highest BCUT2D eigenvalue weighted by molar-refractivity contribution is 7.15. The molecular weight excluding hydrogens is 290 g/mol.